The minimum absolute atomic E-state index is 0.185. The first-order valence-electron chi connectivity index (χ1n) is 6.58. The Balaban J connectivity index is 1.94. The summed E-state index contributed by atoms with van der Waals surface area (Å²) in [6.45, 7) is 0. The molecule has 104 valence electrons. The molecule has 0 saturated heterocycles. The van der Waals surface area contributed by atoms with Gasteiger partial charge in [0.2, 0.25) is 0 Å². The van der Waals surface area contributed by atoms with Gasteiger partial charge in [-0.2, -0.15) is 0 Å². The van der Waals surface area contributed by atoms with Crippen LogP contribution >= 0.6 is 11.8 Å². The van der Waals surface area contributed by atoms with E-state index in [1.807, 2.05) is 60.7 Å². The summed E-state index contributed by atoms with van der Waals surface area (Å²) in [7, 11) is 0. The molecule has 0 unspecified atom stereocenters. The van der Waals surface area contributed by atoms with E-state index >= 15 is 0 Å². The van der Waals surface area contributed by atoms with E-state index in [2.05, 4.69) is 0 Å². The van der Waals surface area contributed by atoms with Crippen molar-refractivity contribution >= 4 is 17.4 Å². The second-order valence-corrected chi connectivity index (χ2v) is 5.70. The van der Waals surface area contributed by atoms with Gasteiger partial charge < -0.3 is 0 Å². The van der Waals surface area contributed by atoms with Gasteiger partial charge in [-0.25, -0.2) is 0 Å². The van der Waals surface area contributed by atoms with Gasteiger partial charge in [-0.1, -0.05) is 42.5 Å². The second kappa shape index (κ2) is 5.97. The lowest BCUT2D eigenvalue weighted by molar-refractivity contribution is -0.383. The largest absolute Gasteiger partial charge is 0.277 e. The highest BCUT2D eigenvalue weighted by Gasteiger charge is 2.22. The summed E-state index contributed by atoms with van der Waals surface area (Å²) in [5, 5.41) is 11.2. The van der Waals surface area contributed by atoms with Crippen molar-refractivity contribution in [2.75, 3.05) is 0 Å². The average Bonchev–Trinajstić information content (AvgIpc) is 2.68. The number of fused-ring (bicyclic) bond motifs is 1. The predicted octanol–water partition coefficient (Wildman–Crippen LogP) is 4.99. The summed E-state index contributed by atoms with van der Waals surface area (Å²) in [4.78, 5) is 12.1. The maximum Gasteiger partial charge on any atom is 0.277 e. The van der Waals surface area contributed by atoms with Crippen molar-refractivity contribution in [2.45, 2.75) is 10.6 Å². The van der Waals surface area contributed by atoms with Gasteiger partial charge in [0.15, 0.2) is 0 Å². The SMILES string of the molecule is O=[N+]([O-])c1cc(CSc2ccccc2)c2cccccc1-2. The molecule has 0 bridgehead atoms. The molecule has 0 aliphatic heterocycles. The van der Waals surface area contributed by atoms with E-state index in [1.165, 1.54) is 0 Å². The first-order chi connectivity index (χ1) is 10.3. The van der Waals surface area contributed by atoms with Crippen LogP contribution in [0.4, 0.5) is 5.69 Å². The van der Waals surface area contributed by atoms with Gasteiger partial charge >= 0.3 is 0 Å². The number of nitro groups is 1. The molecule has 3 nitrogen and oxygen atoms in total. The third kappa shape index (κ3) is 2.90. The summed E-state index contributed by atoms with van der Waals surface area (Å²) in [5.74, 6) is 0.721. The molecule has 0 saturated carbocycles. The summed E-state index contributed by atoms with van der Waals surface area (Å²) in [6.07, 6.45) is 0. The third-order valence-electron chi connectivity index (χ3n) is 3.31. The standard InChI is InChI=1S/C17H13NO2S/c19-18(20)17-11-13(12-21-14-7-3-1-4-8-14)15-9-5-2-6-10-16(15)17/h1-11H,12H2. The topological polar surface area (TPSA) is 43.1 Å². The fourth-order valence-electron chi connectivity index (χ4n) is 2.32. The highest BCUT2D eigenvalue weighted by Crippen LogP contribution is 2.39. The van der Waals surface area contributed by atoms with Gasteiger partial charge in [0.1, 0.15) is 0 Å². The van der Waals surface area contributed by atoms with Crippen molar-refractivity contribution in [1.82, 2.24) is 0 Å². The molecular formula is C17H13NO2S. The Morgan fingerprint density at radius 2 is 1.52 bits per heavy atom. The Bertz CT molecular complexity index is 743. The molecule has 0 spiro atoms. The molecule has 0 atom stereocenters. The fraction of sp³-hybridized carbons (Fsp3) is 0.0588. The van der Waals surface area contributed by atoms with Crippen molar-refractivity contribution in [1.29, 1.82) is 0 Å². The maximum absolute atomic E-state index is 11.2. The van der Waals surface area contributed by atoms with Crippen LogP contribution in [-0.2, 0) is 5.75 Å². The van der Waals surface area contributed by atoms with E-state index in [0.29, 0.717) is 5.56 Å². The number of hydrogen-bond donors (Lipinski definition) is 0. The molecule has 1 aromatic carbocycles. The minimum atomic E-state index is -0.307. The van der Waals surface area contributed by atoms with Crippen LogP contribution in [0.3, 0.4) is 0 Å². The number of rotatable bonds is 4. The third-order valence-corrected chi connectivity index (χ3v) is 4.37. The molecule has 0 heterocycles. The van der Waals surface area contributed by atoms with E-state index in [9.17, 15) is 10.1 Å². The van der Waals surface area contributed by atoms with Crippen LogP contribution in [0.25, 0.3) is 11.1 Å². The Morgan fingerprint density at radius 1 is 0.905 bits per heavy atom. The van der Waals surface area contributed by atoms with Crippen LogP contribution in [0.2, 0.25) is 0 Å². The minimum Gasteiger partial charge on any atom is -0.258 e. The van der Waals surface area contributed by atoms with E-state index in [4.69, 9.17) is 0 Å². The molecule has 1 aromatic rings. The van der Waals surface area contributed by atoms with Gasteiger partial charge in [-0.3, -0.25) is 10.1 Å². The normalized spacial score (nSPS) is 10.7. The molecular weight excluding hydrogens is 282 g/mol. The smallest absolute Gasteiger partial charge is 0.258 e. The maximum atomic E-state index is 11.2. The molecule has 3 rings (SSSR count). The number of benzene rings is 1. The van der Waals surface area contributed by atoms with Gasteiger partial charge in [0, 0.05) is 16.7 Å². The van der Waals surface area contributed by atoms with E-state index in [-0.39, 0.29) is 10.6 Å². The number of thioether (sulfide) groups is 1. The molecule has 0 radical (unpaired) electrons. The zero-order valence-electron chi connectivity index (χ0n) is 11.2. The van der Waals surface area contributed by atoms with E-state index in [0.717, 1.165) is 21.8 Å². The highest BCUT2D eigenvalue weighted by molar-refractivity contribution is 7.98. The quantitative estimate of drug-likeness (QED) is 0.387. The predicted molar refractivity (Wildman–Crippen MR) is 85.7 cm³/mol. The van der Waals surface area contributed by atoms with Gasteiger partial charge in [-0.05, 0) is 29.3 Å². The Kier molecular flexibility index (Phi) is 3.88. The van der Waals surface area contributed by atoms with E-state index in [1.54, 1.807) is 17.8 Å². The lowest BCUT2D eigenvalue weighted by atomic mass is 10.1. The molecule has 0 N–H and O–H groups in total. The van der Waals surface area contributed by atoms with Crippen molar-refractivity contribution in [3.05, 3.63) is 82.4 Å². The highest BCUT2D eigenvalue weighted by atomic mass is 32.2. The van der Waals surface area contributed by atoms with Crippen molar-refractivity contribution in [3.63, 3.8) is 0 Å². The number of nitrogens with zero attached hydrogens (tertiary/aromatic N) is 1. The zero-order chi connectivity index (χ0) is 14.7. The van der Waals surface area contributed by atoms with Crippen molar-refractivity contribution in [3.8, 4) is 11.1 Å². The Morgan fingerprint density at radius 3 is 2.19 bits per heavy atom. The van der Waals surface area contributed by atoms with Crippen LogP contribution in [-0.4, -0.2) is 4.92 Å². The first-order valence-corrected chi connectivity index (χ1v) is 7.57. The average molecular weight is 295 g/mol. The van der Waals surface area contributed by atoms with Gasteiger partial charge in [0.05, 0.1) is 10.5 Å². The molecule has 0 fully saturated rings. The molecule has 2 aliphatic rings. The lowest BCUT2D eigenvalue weighted by Gasteiger charge is -2.01. The summed E-state index contributed by atoms with van der Waals surface area (Å²) in [6, 6.07) is 21.2. The summed E-state index contributed by atoms with van der Waals surface area (Å²) in [5.41, 5.74) is 2.84. The van der Waals surface area contributed by atoms with Crippen LogP contribution in [0.5, 0.6) is 0 Å². The van der Waals surface area contributed by atoms with Crippen LogP contribution in [0.15, 0.2) is 71.6 Å². The molecule has 2 aliphatic carbocycles. The van der Waals surface area contributed by atoms with E-state index < -0.39 is 0 Å². The summed E-state index contributed by atoms with van der Waals surface area (Å²) < 4.78 is 0. The Hall–Kier alpha value is -2.33. The molecule has 21 heavy (non-hydrogen) atoms. The van der Waals surface area contributed by atoms with Gasteiger partial charge in [0.25, 0.3) is 5.69 Å². The van der Waals surface area contributed by atoms with Crippen molar-refractivity contribution in [2.24, 2.45) is 0 Å². The molecule has 4 heteroatoms. The second-order valence-electron chi connectivity index (χ2n) is 4.65. The zero-order valence-corrected chi connectivity index (χ0v) is 12.0. The van der Waals surface area contributed by atoms with Gasteiger partial charge in [-0.15, -0.1) is 11.8 Å². The van der Waals surface area contributed by atoms with Crippen molar-refractivity contribution < 1.29 is 4.92 Å². The fourth-order valence-corrected chi connectivity index (χ4v) is 3.23. The number of hydrogen-bond acceptors (Lipinski definition) is 3. The molecule has 0 aromatic heterocycles. The first kappa shape index (κ1) is 13.6. The van der Waals surface area contributed by atoms with Crippen LogP contribution in [0.1, 0.15) is 5.56 Å². The van der Waals surface area contributed by atoms with Crippen LogP contribution < -0.4 is 0 Å². The Labute approximate surface area is 127 Å². The lowest BCUT2D eigenvalue weighted by Crippen LogP contribution is -1.85. The monoisotopic (exact) mass is 295 g/mol. The summed E-state index contributed by atoms with van der Waals surface area (Å²) >= 11 is 1.69. The molecule has 0 amide bonds. The van der Waals surface area contributed by atoms with Crippen LogP contribution in [0, 0.1) is 10.1 Å².